The van der Waals surface area contributed by atoms with Gasteiger partial charge in [-0.15, -0.1) is 15.3 Å². The number of nitrogens with zero attached hydrogens (tertiary/aromatic N) is 4. The number of benzene rings is 5. The minimum Gasteiger partial charge on any atom is -0.744 e. The fraction of sp³-hybridized carbons (Fsp3) is 0.0370. The van der Waals surface area contributed by atoms with Crippen LogP contribution >= 0.6 is 0 Å². The molecule has 0 aliphatic carbocycles. The molecule has 0 unspecified atom stereocenters. The van der Waals surface area contributed by atoms with Crippen LogP contribution in [-0.2, 0) is 30.4 Å². The first-order valence-electron chi connectivity index (χ1n) is 12.5. The van der Waals surface area contributed by atoms with Crippen molar-refractivity contribution in [2.75, 3.05) is 12.8 Å². The Morgan fingerprint density at radius 3 is 1.73 bits per heavy atom. The van der Waals surface area contributed by atoms with Crippen molar-refractivity contribution in [3.8, 4) is 11.5 Å². The van der Waals surface area contributed by atoms with Crippen molar-refractivity contribution >= 4 is 80.3 Å². The van der Waals surface area contributed by atoms with Gasteiger partial charge < -0.3 is 29.2 Å². The number of phenols is 1. The normalized spacial score (nSPS) is 12.1. The zero-order valence-electron chi connectivity index (χ0n) is 26.0. The smallest absolute Gasteiger partial charge is 0.744 e. The molecule has 0 fully saturated rings. The third-order valence-corrected chi connectivity index (χ3v) is 9.13. The Balaban J connectivity index is 0.00000278. The molecule has 0 amide bonds. The van der Waals surface area contributed by atoms with Crippen molar-refractivity contribution in [1.82, 2.24) is 0 Å². The molecule has 238 valence electrons. The molecule has 0 radical (unpaired) electrons. The van der Waals surface area contributed by atoms with E-state index in [9.17, 15) is 44.0 Å². The molecule has 22 heteroatoms. The molecule has 0 atom stereocenters. The summed E-state index contributed by atoms with van der Waals surface area (Å²) in [7, 11) is -14.0. The van der Waals surface area contributed by atoms with Crippen LogP contribution in [0.1, 0.15) is 0 Å². The van der Waals surface area contributed by atoms with E-state index in [1.165, 1.54) is 25.3 Å². The Kier molecular flexibility index (Phi) is 14.5. The fourth-order valence-corrected chi connectivity index (χ4v) is 6.15. The molecule has 0 saturated carbocycles. The van der Waals surface area contributed by atoms with Crippen LogP contribution < -0.4 is 99.1 Å². The van der Waals surface area contributed by atoms with Crippen molar-refractivity contribution in [3.63, 3.8) is 0 Å². The molecule has 3 N–H and O–H groups in total. The second kappa shape index (κ2) is 16.5. The third-order valence-electron chi connectivity index (χ3n) is 6.55. The monoisotopic (exact) mass is 753 g/mol. The number of fused-ring (bicyclic) bond motifs is 2. The molecule has 0 bridgehead atoms. The molecule has 5 aromatic carbocycles. The number of anilines is 1. The number of hydrogen-bond acceptors (Lipinski definition) is 16. The van der Waals surface area contributed by atoms with Crippen molar-refractivity contribution in [1.29, 1.82) is 0 Å². The number of aromatic hydroxyl groups is 1. The third kappa shape index (κ3) is 9.64. The van der Waals surface area contributed by atoms with E-state index in [1.807, 2.05) is 0 Å². The van der Waals surface area contributed by atoms with E-state index < -0.39 is 62.2 Å². The quantitative estimate of drug-likeness (QED) is 0.0661. The fourth-order valence-electron chi connectivity index (χ4n) is 4.38. The van der Waals surface area contributed by atoms with E-state index in [-0.39, 0.29) is 122 Å². The first-order valence-corrected chi connectivity index (χ1v) is 16.7. The van der Waals surface area contributed by atoms with Gasteiger partial charge in [0.05, 0.1) is 38.9 Å². The Labute approximate surface area is 346 Å². The Hall–Kier alpha value is -2.05. The molecular formula is C27H18N5Na3O11S3. The van der Waals surface area contributed by atoms with Gasteiger partial charge in [0.25, 0.3) is 0 Å². The zero-order valence-corrected chi connectivity index (χ0v) is 34.5. The molecule has 0 aliphatic rings. The zero-order chi connectivity index (χ0) is 33.6. The SMILES string of the molecule is COc1ccc(N=Nc2ccc(N=Nc3c(S(=O)(=O)[O-])cc4cc(S(=O)(=O)[O-])c(N)cc4c3O)c3cc(S(=O)(=O)[O-])ccc23)cc1.[Na+].[Na+].[Na+]. The van der Waals surface area contributed by atoms with Gasteiger partial charge in [-0.05, 0) is 72.1 Å². The summed E-state index contributed by atoms with van der Waals surface area (Å²) >= 11 is 0. The van der Waals surface area contributed by atoms with Gasteiger partial charge in [0.15, 0.2) is 5.75 Å². The van der Waals surface area contributed by atoms with Crippen LogP contribution in [-0.4, -0.2) is 51.1 Å². The summed E-state index contributed by atoms with van der Waals surface area (Å²) in [5, 5.41) is 26.5. The van der Waals surface area contributed by atoms with Crippen LogP contribution in [0.2, 0.25) is 0 Å². The average molecular weight is 754 g/mol. The van der Waals surface area contributed by atoms with Crippen LogP contribution in [0, 0.1) is 0 Å². The summed E-state index contributed by atoms with van der Waals surface area (Å²) in [5.41, 5.74) is 4.71. The van der Waals surface area contributed by atoms with Crippen molar-refractivity contribution in [2.24, 2.45) is 20.5 Å². The molecule has 5 rings (SSSR count). The van der Waals surface area contributed by atoms with Gasteiger partial charge >= 0.3 is 88.7 Å². The van der Waals surface area contributed by atoms with E-state index in [2.05, 4.69) is 20.5 Å². The molecule has 49 heavy (non-hydrogen) atoms. The maximum absolute atomic E-state index is 12.1. The summed E-state index contributed by atoms with van der Waals surface area (Å²) < 4.78 is 112. The Morgan fingerprint density at radius 1 is 0.633 bits per heavy atom. The molecule has 0 spiro atoms. The van der Waals surface area contributed by atoms with Gasteiger partial charge in [-0.1, -0.05) is 6.07 Å². The predicted molar refractivity (Wildman–Crippen MR) is 159 cm³/mol. The summed E-state index contributed by atoms with van der Waals surface area (Å²) in [6.45, 7) is 0. The van der Waals surface area contributed by atoms with E-state index in [0.29, 0.717) is 23.6 Å². The van der Waals surface area contributed by atoms with Gasteiger partial charge in [0.1, 0.15) is 41.8 Å². The van der Waals surface area contributed by atoms with Gasteiger partial charge in [0.2, 0.25) is 0 Å². The number of nitrogen functional groups attached to an aromatic ring is 1. The van der Waals surface area contributed by atoms with Crippen LogP contribution in [0.5, 0.6) is 11.5 Å². The number of methoxy groups -OCH3 is 1. The van der Waals surface area contributed by atoms with Gasteiger partial charge in [0, 0.05) is 21.8 Å². The standard InChI is InChI=1S/C27H21N5O11S3.3Na/c1-43-16-4-2-15(3-5-16)29-30-22-8-9-23(20-12-17(44(34,35)36)6-7-18(20)22)31-32-26-25(46(40,41)42)11-14-10-24(45(37,38)39)21(28)13-19(14)27(26)33;;;/h2-13,33H,28H2,1H3,(H,34,35,36)(H,37,38,39)(H,40,41,42);;;/q;3*+1/p-3. The van der Waals surface area contributed by atoms with Crippen LogP contribution in [0.4, 0.5) is 28.4 Å². The number of hydrogen-bond donors (Lipinski definition) is 2. The minimum atomic E-state index is -5.40. The number of nitrogens with two attached hydrogens (primary N) is 1. The molecule has 0 aromatic heterocycles. The molecule has 16 nitrogen and oxygen atoms in total. The van der Waals surface area contributed by atoms with Crippen LogP contribution in [0.25, 0.3) is 21.5 Å². The topological polar surface area (TPSA) is 277 Å². The number of ether oxygens (including phenoxy) is 1. The predicted octanol–water partition coefficient (Wildman–Crippen LogP) is -4.16. The summed E-state index contributed by atoms with van der Waals surface area (Å²) in [4.78, 5) is -2.68. The maximum atomic E-state index is 12.1. The van der Waals surface area contributed by atoms with Gasteiger partial charge in [-0.3, -0.25) is 0 Å². The van der Waals surface area contributed by atoms with E-state index in [0.717, 1.165) is 18.2 Å². The van der Waals surface area contributed by atoms with Crippen molar-refractivity contribution in [3.05, 3.63) is 72.8 Å². The first-order chi connectivity index (χ1) is 21.5. The molecule has 5 aromatic rings. The Morgan fingerprint density at radius 2 is 1.18 bits per heavy atom. The van der Waals surface area contributed by atoms with Crippen molar-refractivity contribution in [2.45, 2.75) is 14.7 Å². The second-order valence-corrected chi connectivity index (χ2v) is 13.5. The van der Waals surface area contributed by atoms with E-state index in [1.54, 1.807) is 24.3 Å². The largest absolute Gasteiger partial charge is 1.00 e. The Bertz CT molecular complexity index is 2460. The minimum absolute atomic E-state index is 0. The molecule has 0 heterocycles. The van der Waals surface area contributed by atoms with Crippen LogP contribution in [0.3, 0.4) is 0 Å². The number of azo groups is 2. The van der Waals surface area contributed by atoms with E-state index >= 15 is 0 Å². The molecular weight excluding hydrogens is 735 g/mol. The molecule has 0 saturated heterocycles. The first kappa shape index (κ1) is 43.1. The number of phenolic OH excluding ortho intramolecular Hbond substituents is 1. The van der Waals surface area contributed by atoms with E-state index in [4.69, 9.17) is 10.5 Å². The summed E-state index contributed by atoms with van der Waals surface area (Å²) in [6.07, 6.45) is 0. The number of rotatable bonds is 8. The van der Waals surface area contributed by atoms with Gasteiger partial charge in [-0.25, -0.2) is 25.3 Å². The maximum Gasteiger partial charge on any atom is 1.00 e. The summed E-state index contributed by atoms with van der Waals surface area (Å²) in [6, 6.07) is 14.8. The van der Waals surface area contributed by atoms with Gasteiger partial charge in [-0.2, -0.15) is 5.11 Å². The average Bonchev–Trinajstić information content (AvgIpc) is 2.98. The molecule has 0 aliphatic heterocycles. The second-order valence-electron chi connectivity index (χ2n) is 9.45. The van der Waals surface area contributed by atoms with Crippen LogP contribution in [0.15, 0.2) is 108 Å². The van der Waals surface area contributed by atoms with Crippen molar-refractivity contribution < 1.29 is 137 Å². The summed E-state index contributed by atoms with van der Waals surface area (Å²) in [5.74, 6) is -0.367.